The van der Waals surface area contributed by atoms with Crippen molar-refractivity contribution < 1.29 is 9.47 Å². The standard InChI is InChI=1S/C28H55N9.C23H42N4.C14H30N6O2.2C14H30N6/c1-22-7-9-23(10-8-22)21-24-11-13-25(14-12-24)36-27(30)33-17-19-37-20-18-35-28(37)34-16-6-4-3-5-15-32-26(29)31-2;1-3-12-27-13-11-25-23(27)26-22-10-6-9-20(17-22)15-18-7-5-8-19(14-18)16-21(24)4-2;1-3-7-20-8-4-18-14(20)19-6-10-22-12-11-21-9-5-17-13(15)16-2;2*1-3-11-20-12-10-19-14(20)18-9-7-5-4-6-8-17-13(15)16-2/h22-25H,3-21H2,1-2H3,(H,34,35)(H3,29,31,32)(H3,30,33,36);18-20,22,24H,3-17H2,1-2H3,(H,25,26);3-12H2,1-2H3,(H,18,19)(H3,15,16,17);2*3-12H2,1-2H3,(H,18,19)(H3,15,16,17). The van der Waals surface area contributed by atoms with Crippen LogP contribution < -0.4 is 81.8 Å². The lowest BCUT2D eigenvalue weighted by Gasteiger charge is -2.36. The molecule has 0 bridgehead atoms. The SMILES string of the molecule is CCCN1CCN=C1NC1CCCC(CC2CCCC(CC(=N)CC)C2)C1.CCCN1CCN=C1NCCCCCCNC(N)=NC.CCCN1CCN=C1NCCCCCCNC(N)=NC.CCCN1CCN=C1NCCOCCOCCNC(N)=NC.CN=C(N)NCCCCCCNC1=NCCN1CCN=C(N)NC1CCC(CC2CCC(C)CC2)CC1. The molecule has 0 aromatic heterocycles. The minimum Gasteiger partial charge on any atom is -0.377 e. The van der Waals surface area contributed by atoms with Gasteiger partial charge in [0.15, 0.2) is 59.6 Å². The highest BCUT2D eigenvalue weighted by Crippen LogP contribution is 2.40. The maximum absolute atomic E-state index is 8.05. The summed E-state index contributed by atoms with van der Waals surface area (Å²) < 4.78 is 10.9. The Bertz CT molecular complexity index is 3050. The monoisotopic (exact) mass is 1770 g/mol. The van der Waals surface area contributed by atoms with Crippen molar-refractivity contribution in [3.63, 3.8) is 0 Å². The molecule has 5 heterocycles. The first-order valence-electron chi connectivity index (χ1n) is 50.3. The molecule has 0 saturated heterocycles. The number of nitrogens with one attached hydrogen (secondary N) is 11. The number of aliphatic imine (C=N–C) groups is 10. The fraction of sp³-hybridized carbons (Fsp3) is 0.882. The number of unbranched alkanes of at least 4 members (excludes halogenated alkanes) is 9. The summed E-state index contributed by atoms with van der Waals surface area (Å²) in [5.74, 6) is 13.5. The summed E-state index contributed by atoms with van der Waals surface area (Å²) in [5.41, 5.74) is 29.5. The predicted molar refractivity (Wildman–Crippen MR) is 534 cm³/mol. The third kappa shape index (κ3) is 49.7. The van der Waals surface area contributed by atoms with Gasteiger partial charge in [0.2, 0.25) is 0 Å². The molecule has 9 rings (SSSR count). The average Bonchev–Trinajstić information content (AvgIpc) is 1.73. The molecular formula is C93H187N31O2. The maximum Gasteiger partial charge on any atom is 0.194 e. The van der Waals surface area contributed by atoms with Crippen molar-refractivity contribution in [2.45, 2.75) is 285 Å². The van der Waals surface area contributed by atoms with Gasteiger partial charge in [-0.1, -0.05) is 138 Å². The molecule has 33 heteroatoms. The predicted octanol–water partition coefficient (Wildman–Crippen LogP) is 8.98. The molecule has 726 valence electrons. The van der Waals surface area contributed by atoms with Gasteiger partial charge in [0.05, 0.1) is 65.7 Å². The Morgan fingerprint density at radius 1 is 0.373 bits per heavy atom. The van der Waals surface area contributed by atoms with Crippen LogP contribution in [0.3, 0.4) is 0 Å². The molecule has 33 nitrogen and oxygen atoms in total. The molecular weight excluding hydrogens is 1580 g/mol. The quantitative estimate of drug-likeness (QED) is 0.0153. The van der Waals surface area contributed by atoms with Crippen molar-refractivity contribution in [3.05, 3.63) is 0 Å². The summed E-state index contributed by atoms with van der Waals surface area (Å²) in [7, 11) is 6.73. The number of nitrogens with two attached hydrogens (primary N) is 5. The van der Waals surface area contributed by atoms with Crippen LogP contribution in [-0.4, -0.2) is 314 Å². The molecule has 0 spiro atoms. The van der Waals surface area contributed by atoms with E-state index in [0.29, 0.717) is 81.4 Å². The fourth-order valence-electron chi connectivity index (χ4n) is 18.3. The summed E-state index contributed by atoms with van der Waals surface area (Å²) >= 11 is 0. The highest BCUT2D eigenvalue weighted by atomic mass is 16.5. The second-order valence-corrected chi connectivity index (χ2v) is 35.9. The fourth-order valence-corrected chi connectivity index (χ4v) is 18.3. The Hall–Kier alpha value is -7.71. The molecule has 0 aromatic carbocycles. The van der Waals surface area contributed by atoms with Crippen LogP contribution in [0.4, 0.5) is 0 Å². The Labute approximate surface area is 764 Å². The van der Waals surface area contributed by atoms with E-state index in [1.54, 1.807) is 28.2 Å². The number of hydrogen-bond acceptors (Lipinski definition) is 23. The molecule has 4 unspecified atom stereocenters. The Morgan fingerprint density at radius 3 is 1.16 bits per heavy atom. The van der Waals surface area contributed by atoms with Gasteiger partial charge in [0, 0.05) is 164 Å². The van der Waals surface area contributed by atoms with Gasteiger partial charge in [0.1, 0.15) is 0 Å². The van der Waals surface area contributed by atoms with Gasteiger partial charge in [-0.05, 0) is 170 Å². The van der Waals surface area contributed by atoms with Gasteiger partial charge in [-0.15, -0.1) is 0 Å². The van der Waals surface area contributed by atoms with Crippen molar-refractivity contribution in [1.82, 2.24) is 77.7 Å². The van der Waals surface area contributed by atoms with Gasteiger partial charge in [-0.3, -0.25) is 49.9 Å². The van der Waals surface area contributed by atoms with Gasteiger partial charge in [-0.25, -0.2) is 0 Å². The lowest BCUT2D eigenvalue weighted by Crippen LogP contribution is -2.45. The van der Waals surface area contributed by atoms with Crippen LogP contribution in [0.5, 0.6) is 0 Å². The first kappa shape index (κ1) is 109. The van der Waals surface area contributed by atoms with Crippen molar-refractivity contribution in [2.24, 2.45) is 114 Å². The van der Waals surface area contributed by atoms with Crippen LogP contribution in [0.15, 0.2) is 49.9 Å². The number of rotatable bonds is 50. The Morgan fingerprint density at radius 2 is 0.730 bits per heavy atom. The van der Waals surface area contributed by atoms with E-state index in [1.807, 2.05) is 0 Å². The average molecular weight is 1770 g/mol. The molecule has 4 saturated carbocycles. The lowest BCUT2D eigenvalue weighted by molar-refractivity contribution is 0.0517. The third-order valence-electron chi connectivity index (χ3n) is 25.4. The van der Waals surface area contributed by atoms with Crippen LogP contribution in [-0.2, 0) is 9.47 Å². The highest BCUT2D eigenvalue weighted by molar-refractivity contribution is 5.84. The minimum atomic E-state index is 0.429. The minimum absolute atomic E-state index is 0.429. The molecule has 5 aliphatic heterocycles. The first-order chi connectivity index (χ1) is 61.5. The Balaban J connectivity index is 0.000000286. The highest BCUT2D eigenvalue weighted by Gasteiger charge is 2.32. The van der Waals surface area contributed by atoms with E-state index in [4.69, 9.17) is 48.5 Å². The van der Waals surface area contributed by atoms with Crippen molar-refractivity contribution >= 4 is 65.3 Å². The molecule has 0 amide bonds. The number of guanidine groups is 10. The topological polar surface area (TPSA) is 433 Å². The van der Waals surface area contributed by atoms with E-state index >= 15 is 0 Å². The molecule has 0 radical (unpaired) electrons. The van der Waals surface area contributed by atoms with Gasteiger partial charge >= 0.3 is 0 Å². The summed E-state index contributed by atoms with van der Waals surface area (Å²) in [4.78, 5) is 54.6. The molecule has 4 aliphatic carbocycles. The number of hydrogen-bond donors (Lipinski definition) is 16. The Kier molecular flexibility index (Phi) is 60.6. The van der Waals surface area contributed by atoms with E-state index in [2.05, 4.69) is 164 Å². The maximum atomic E-state index is 8.05. The van der Waals surface area contributed by atoms with Gasteiger partial charge < -0.3 is 121 Å². The van der Waals surface area contributed by atoms with Crippen LogP contribution in [0.1, 0.15) is 273 Å². The zero-order valence-corrected chi connectivity index (χ0v) is 81.3. The second kappa shape index (κ2) is 70.2. The zero-order chi connectivity index (χ0) is 90.7. The summed E-state index contributed by atoms with van der Waals surface area (Å²) in [5, 5.41) is 41.3. The summed E-state index contributed by atoms with van der Waals surface area (Å²) in [6.07, 6.45) is 45.8. The van der Waals surface area contributed by atoms with Crippen LogP contribution in [0, 0.1) is 40.9 Å². The third-order valence-corrected chi connectivity index (χ3v) is 25.4. The molecule has 21 N–H and O–H groups in total. The van der Waals surface area contributed by atoms with Crippen molar-refractivity contribution in [2.75, 3.05) is 212 Å². The summed E-state index contributed by atoms with van der Waals surface area (Å²) in [6.45, 7) is 38.7. The zero-order valence-electron chi connectivity index (χ0n) is 81.3. The molecule has 9 aliphatic rings. The second-order valence-electron chi connectivity index (χ2n) is 35.9. The molecule has 4 fully saturated rings. The van der Waals surface area contributed by atoms with E-state index in [-0.39, 0.29) is 0 Å². The van der Waals surface area contributed by atoms with Crippen LogP contribution in [0.2, 0.25) is 0 Å². The smallest absolute Gasteiger partial charge is 0.194 e. The van der Waals surface area contributed by atoms with Gasteiger partial charge in [0.25, 0.3) is 0 Å². The number of ether oxygens (including phenoxy) is 2. The molecule has 126 heavy (non-hydrogen) atoms. The normalized spacial score (nSPS) is 22.3. The van der Waals surface area contributed by atoms with E-state index in [1.165, 1.54) is 192 Å². The largest absolute Gasteiger partial charge is 0.377 e. The van der Waals surface area contributed by atoms with E-state index in [0.717, 1.165) is 254 Å². The molecule has 4 atom stereocenters. The van der Waals surface area contributed by atoms with E-state index in [9.17, 15) is 0 Å². The van der Waals surface area contributed by atoms with Crippen LogP contribution in [0.25, 0.3) is 0 Å². The van der Waals surface area contributed by atoms with E-state index < -0.39 is 0 Å². The summed E-state index contributed by atoms with van der Waals surface area (Å²) in [6, 6.07) is 1.12. The lowest BCUT2D eigenvalue weighted by atomic mass is 9.72. The van der Waals surface area contributed by atoms with Crippen molar-refractivity contribution in [3.8, 4) is 0 Å². The molecule has 0 aromatic rings. The van der Waals surface area contributed by atoms with Crippen molar-refractivity contribution in [1.29, 1.82) is 5.41 Å². The first-order valence-corrected chi connectivity index (χ1v) is 50.3. The van der Waals surface area contributed by atoms with Gasteiger partial charge in [-0.2, -0.15) is 0 Å². The van der Waals surface area contributed by atoms with Crippen LogP contribution >= 0.6 is 0 Å². The number of nitrogens with zero attached hydrogens (tertiary/aromatic N) is 15.